The highest BCUT2D eigenvalue weighted by Crippen LogP contribution is 2.35. The Balaban J connectivity index is 1.43. The Bertz CT molecular complexity index is 1230. The molecule has 3 aromatic rings. The van der Waals surface area contributed by atoms with Crippen molar-refractivity contribution in [3.8, 4) is 5.75 Å². The summed E-state index contributed by atoms with van der Waals surface area (Å²) in [5.74, 6) is 0.453. The molecule has 162 valence electrons. The lowest BCUT2D eigenvalue weighted by molar-refractivity contribution is -0.116. The Morgan fingerprint density at radius 1 is 1.06 bits per heavy atom. The fraction of sp³-hybridized carbons (Fsp3) is 0.292. The minimum Gasteiger partial charge on any atom is -0.497 e. The predicted molar refractivity (Wildman–Crippen MR) is 124 cm³/mol. The molecule has 0 saturated carbocycles. The van der Waals surface area contributed by atoms with Gasteiger partial charge in [-0.2, -0.15) is 0 Å². The number of methoxy groups -OCH3 is 1. The van der Waals surface area contributed by atoms with E-state index in [9.17, 15) is 13.2 Å². The van der Waals surface area contributed by atoms with Gasteiger partial charge in [0, 0.05) is 30.1 Å². The van der Waals surface area contributed by atoms with Crippen molar-refractivity contribution in [3.05, 3.63) is 65.7 Å². The third-order valence-corrected chi connectivity index (χ3v) is 6.85. The molecule has 0 saturated heterocycles. The summed E-state index contributed by atoms with van der Waals surface area (Å²) < 4.78 is 31.1. The lowest BCUT2D eigenvalue weighted by atomic mass is 10.0. The Morgan fingerprint density at radius 3 is 2.55 bits per heavy atom. The molecule has 0 radical (unpaired) electrons. The Labute approximate surface area is 182 Å². The highest BCUT2D eigenvalue weighted by atomic mass is 32.2. The Hall–Kier alpha value is -3.06. The van der Waals surface area contributed by atoms with Crippen LogP contribution in [-0.2, 0) is 27.7 Å². The van der Waals surface area contributed by atoms with Gasteiger partial charge in [-0.15, -0.1) is 0 Å². The maximum atomic E-state index is 12.6. The number of hydrogen-bond donors (Lipinski definition) is 1. The quantitative estimate of drug-likeness (QED) is 0.574. The standard InChI is InChI=1S/C24H26N2O4S/c1-30-20-8-4-7-19(16-20)26(31(2,28)29)15-5-10-23(27)25-22-14-13-18-12-11-17-6-3-9-21(22)24(17)18/h3-4,6-9,13-14,16H,5,10-12,15H2,1-2H3,(H,25,27). The number of rotatable bonds is 8. The summed E-state index contributed by atoms with van der Waals surface area (Å²) in [6.07, 6.45) is 3.86. The number of nitrogens with one attached hydrogen (secondary N) is 1. The van der Waals surface area contributed by atoms with Crippen LogP contribution in [0.1, 0.15) is 24.0 Å². The number of carbonyl (C=O) groups is 1. The van der Waals surface area contributed by atoms with Crippen LogP contribution >= 0.6 is 0 Å². The van der Waals surface area contributed by atoms with Crippen LogP contribution < -0.4 is 14.4 Å². The highest BCUT2D eigenvalue weighted by Gasteiger charge is 2.19. The molecule has 0 spiro atoms. The summed E-state index contributed by atoms with van der Waals surface area (Å²) in [4.78, 5) is 12.6. The number of sulfonamides is 1. The third-order valence-electron chi connectivity index (χ3n) is 5.66. The average molecular weight is 439 g/mol. The van der Waals surface area contributed by atoms with Crippen LogP contribution in [0.25, 0.3) is 10.8 Å². The van der Waals surface area contributed by atoms with Gasteiger partial charge in [0.1, 0.15) is 5.75 Å². The number of aryl methyl sites for hydroxylation is 2. The second-order valence-corrected chi connectivity index (χ2v) is 9.71. The van der Waals surface area contributed by atoms with Gasteiger partial charge >= 0.3 is 0 Å². The van der Waals surface area contributed by atoms with Gasteiger partial charge in [-0.05, 0) is 54.0 Å². The van der Waals surface area contributed by atoms with Gasteiger partial charge in [-0.3, -0.25) is 9.10 Å². The largest absolute Gasteiger partial charge is 0.497 e. The second-order valence-electron chi connectivity index (χ2n) is 7.80. The molecule has 0 bridgehead atoms. The maximum absolute atomic E-state index is 12.6. The van der Waals surface area contributed by atoms with E-state index < -0.39 is 10.0 Å². The second kappa shape index (κ2) is 8.59. The maximum Gasteiger partial charge on any atom is 0.232 e. The number of hydrogen-bond acceptors (Lipinski definition) is 4. The van der Waals surface area contributed by atoms with Crippen molar-refractivity contribution in [2.75, 3.05) is 29.5 Å². The third kappa shape index (κ3) is 4.51. The van der Waals surface area contributed by atoms with E-state index in [0.29, 0.717) is 17.9 Å². The van der Waals surface area contributed by atoms with Crippen LogP contribution in [0.5, 0.6) is 5.75 Å². The number of nitrogens with zero attached hydrogens (tertiary/aromatic N) is 1. The number of ether oxygens (including phenoxy) is 1. The predicted octanol–water partition coefficient (Wildman–Crippen LogP) is 4.13. The van der Waals surface area contributed by atoms with E-state index in [1.165, 1.54) is 34.2 Å². The highest BCUT2D eigenvalue weighted by molar-refractivity contribution is 7.92. The molecule has 0 fully saturated rings. The molecule has 1 aliphatic carbocycles. The van der Waals surface area contributed by atoms with Gasteiger partial charge in [0.05, 0.1) is 19.1 Å². The molecule has 0 atom stereocenters. The van der Waals surface area contributed by atoms with Gasteiger partial charge in [0.2, 0.25) is 15.9 Å². The van der Waals surface area contributed by atoms with Crippen LogP contribution in [0.4, 0.5) is 11.4 Å². The molecular weight excluding hydrogens is 412 g/mol. The van der Waals surface area contributed by atoms with Crippen LogP contribution in [0.3, 0.4) is 0 Å². The van der Waals surface area contributed by atoms with Gasteiger partial charge < -0.3 is 10.1 Å². The number of anilines is 2. The minimum atomic E-state index is -3.49. The van der Waals surface area contributed by atoms with E-state index in [0.717, 1.165) is 23.9 Å². The number of carbonyl (C=O) groups excluding carboxylic acids is 1. The summed E-state index contributed by atoms with van der Waals surface area (Å²) in [5, 5.41) is 5.33. The van der Waals surface area contributed by atoms with Crippen LogP contribution in [-0.4, -0.2) is 34.2 Å². The van der Waals surface area contributed by atoms with E-state index >= 15 is 0 Å². The SMILES string of the molecule is COc1cccc(N(CCCC(=O)Nc2ccc3c4c(cccc24)CC3)S(C)(=O)=O)c1. The van der Waals surface area contributed by atoms with Crippen molar-refractivity contribution >= 4 is 38.1 Å². The molecule has 7 heteroatoms. The molecule has 3 aromatic carbocycles. The van der Waals surface area contributed by atoms with Crippen molar-refractivity contribution in [1.82, 2.24) is 0 Å². The average Bonchev–Trinajstić information content (AvgIpc) is 3.17. The van der Waals surface area contributed by atoms with Crippen molar-refractivity contribution in [2.24, 2.45) is 0 Å². The lowest BCUT2D eigenvalue weighted by Gasteiger charge is -2.22. The summed E-state index contributed by atoms with van der Waals surface area (Å²) in [6.45, 7) is 0.212. The Kier molecular flexibility index (Phi) is 5.87. The number of amides is 1. The van der Waals surface area contributed by atoms with E-state index in [2.05, 4.69) is 17.4 Å². The Morgan fingerprint density at radius 2 is 1.81 bits per heavy atom. The van der Waals surface area contributed by atoms with Crippen LogP contribution in [0, 0.1) is 0 Å². The topological polar surface area (TPSA) is 75.7 Å². The first-order valence-corrected chi connectivity index (χ1v) is 12.2. The molecule has 6 nitrogen and oxygen atoms in total. The van der Waals surface area contributed by atoms with E-state index in [1.54, 1.807) is 24.3 Å². The minimum absolute atomic E-state index is 0.127. The molecule has 4 rings (SSSR count). The van der Waals surface area contributed by atoms with Crippen molar-refractivity contribution in [3.63, 3.8) is 0 Å². The van der Waals surface area contributed by atoms with Crippen molar-refractivity contribution < 1.29 is 17.9 Å². The molecule has 1 amide bonds. The van der Waals surface area contributed by atoms with Crippen molar-refractivity contribution in [1.29, 1.82) is 0 Å². The normalized spacial score (nSPS) is 12.7. The van der Waals surface area contributed by atoms with Gasteiger partial charge in [0.15, 0.2) is 0 Å². The summed E-state index contributed by atoms with van der Waals surface area (Å²) in [5.41, 5.74) is 3.98. The van der Waals surface area contributed by atoms with Gasteiger partial charge in [-0.25, -0.2) is 8.42 Å². The molecule has 1 N–H and O–H groups in total. The van der Waals surface area contributed by atoms with E-state index in [-0.39, 0.29) is 18.9 Å². The number of benzene rings is 3. The molecule has 0 aliphatic heterocycles. The fourth-order valence-electron chi connectivity index (χ4n) is 4.20. The van der Waals surface area contributed by atoms with Crippen LogP contribution in [0.2, 0.25) is 0 Å². The van der Waals surface area contributed by atoms with Crippen molar-refractivity contribution in [2.45, 2.75) is 25.7 Å². The zero-order valence-electron chi connectivity index (χ0n) is 17.7. The molecular formula is C24H26N2O4S. The van der Waals surface area contributed by atoms with Gasteiger partial charge in [-0.1, -0.05) is 30.3 Å². The van der Waals surface area contributed by atoms with E-state index in [4.69, 9.17) is 4.74 Å². The summed E-state index contributed by atoms with van der Waals surface area (Å²) >= 11 is 0. The molecule has 1 aliphatic rings. The fourth-order valence-corrected chi connectivity index (χ4v) is 5.16. The zero-order valence-corrected chi connectivity index (χ0v) is 18.5. The molecule has 0 unspecified atom stereocenters. The first-order chi connectivity index (χ1) is 14.9. The van der Waals surface area contributed by atoms with Crippen LogP contribution in [0.15, 0.2) is 54.6 Å². The summed E-state index contributed by atoms with van der Waals surface area (Å²) in [7, 11) is -1.95. The summed E-state index contributed by atoms with van der Waals surface area (Å²) in [6, 6.07) is 17.2. The first kappa shape index (κ1) is 21.2. The lowest BCUT2D eigenvalue weighted by Crippen LogP contribution is -2.31. The smallest absolute Gasteiger partial charge is 0.232 e. The zero-order chi connectivity index (χ0) is 22.0. The molecule has 0 aromatic heterocycles. The van der Waals surface area contributed by atoms with E-state index in [1.807, 2.05) is 18.2 Å². The molecule has 0 heterocycles. The first-order valence-electron chi connectivity index (χ1n) is 10.3. The molecule has 31 heavy (non-hydrogen) atoms. The van der Waals surface area contributed by atoms with Gasteiger partial charge in [0.25, 0.3) is 0 Å². The monoisotopic (exact) mass is 438 g/mol.